The first kappa shape index (κ1) is 31.3. The van der Waals surface area contributed by atoms with Gasteiger partial charge < -0.3 is 10.2 Å². The molecule has 2 atom stereocenters. The molecule has 0 amide bonds. The zero-order valence-electron chi connectivity index (χ0n) is 20.2. The highest BCUT2D eigenvalue weighted by Crippen LogP contribution is 2.38. The van der Waals surface area contributed by atoms with Crippen LogP contribution in [-0.2, 0) is 19.7 Å². The summed E-state index contributed by atoms with van der Waals surface area (Å²) in [6.07, 6.45) is 20.2. The lowest BCUT2D eigenvalue weighted by Gasteiger charge is -2.32. The molecule has 0 rings (SSSR count). The van der Waals surface area contributed by atoms with Crippen LogP contribution in [-0.4, -0.2) is 40.4 Å². The zero-order chi connectivity index (χ0) is 25.2. The van der Waals surface area contributed by atoms with Crippen LogP contribution in [0.5, 0.6) is 0 Å². The normalized spacial score (nSPS) is 14.7. The van der Waals surface area contributed by atoms with E-state index in [1.807, 2.05) is 0 Å². The number of carboxylic acids is 2. The highest BCUT2D eigenvalue weighted by molar-refractivity contribution is 7.87. The Labute approximate surface area is 200 Å². The van der Waals surface area contributed by atoms with Crippen molar-refractivity contribution in [2.24, 2.45) is 5.41 Å². The smallest absolute Gasteiger partial charge is 0.325 e. The van der Waals surface area contributed by atoms with Gasteiger partial charge in [-0.1, -0.05) is 89.4 Å². The number of aliphatic carboxylic acids is 2. The molecule has 0 aromatic heterocycles. The third-order valence-corrected chi connectivity index (χ3v) is 7.34. The van der Waals surface area contributed by atoms with Crippen molar-refractivity contribution in [2.75, 3.05) is 0 Å². The van der Waals surface area contributed by atoms with Gasteiger partial charge in [0.2, 0.25) is 0 Å². The summed E-state index contributed by atoms with van der Waals surface area (Å²) in [4.78, 5) is 23.4. The van der Waals surface area contributed by atoms with Gasteiger partial charge in [-0.05, 0) is 38.5 Å². The first-order valence-corrected chi connectivity index (χ1v) is 13.8. The molecule has 0 aromatic rings. The van der Waals surface area contributed by atoms with E-state index < -0.39 is 32.7 Å². The summed E-state index contributed by atoms with van der Waals surface area (Å²) in [7, 11) is -5.10. The Hall–Kier alpha value is -1.67. The summed E-state index contributed by atoms with van der Waals surface area (Å²) in [6.45, 7) is 5.66. The summed E-state index contributed by atoms with van der Waals surface area (Å²) in [5.74, 6) is -3.42. The van der Waals surface area contributed by atoms with Gasteiger partial charge in [0.05, 0.1) is 0 Å². The van der Waals surface area contributed by atoms with Crippen LogP contribution in [0.15, 0.2) is 24.8 Å². The monoisotopic (exact) mass is 488 g/mol. The molecule has 0 aliphatic rings. The van der Waals surface area contributed by atoms with Gasteiger partial charge in [0.1, 0.15) is 5.41 Å². The summed E-state index contributed by atoms with van der Waals surface area (Å²) in [5.41, 5.74) is -2.14. The summed E-state index contributed by atoms with van der Waals surface area (Å²) >= 11 is 0. The molecular weight excluding hydrogens is 444 g/mol. The quantitative estimate of drug-likeness (QED) is 0.0913. The molecule has 0 saturated heterocycles. The molecule has 0 fully saturated rings. The van der Waals surface area contributed by atoms with Crippen LogP contribution >= 0.6 is 0 Å². The Bertz CT molecular complexity index is 700. The van der Waals surface area contributed by atoms with E-state index in [-0.39, 0.29) is 12.8 Å². The molecule has 2 unspecified atom stereocenters. The number of carbonyl (C=O) groups is 2. The SMILES string of the molecule is C=CCC(CCCCCCCC/C=C\CCCCCCCC)(C(=O)O)C(C(=O)O)S(=O)(=O)O. The van der Waals surface area contributed by atoms with Crippen molar-refractivity contribution in [3.8, 4) is 0 Å². The van der Waals surface area contributed by atoms with Crippen molar-refractivity contribution < 1.29 is 32.8 Å². The first-order valence-electron chi connectivity index (χ1n) is 12.3. The van der Waals surface area contributed by atoms with Gasteiger partial charge >= 0.3 is 11.9 Å². The molecule has 33 heavy (non-hydrogen) atoms. The topological polar surface area (TPSA) is 129 Å². The molecule has 0 radical (unpaired) electrons. The standard InChI is InChI=1S/C25H44O7S/c1-3-5-6-7-8-9-10-11-12-13-14-15-16-17-18-19-21-25(20-4-2,24(28)29)22(23(26)27)33(30,31)32/h4,11-12,22H,2-3,5-10,13-21H2,1H3,(H,26,27)(H,28,29)(H,30,31,32)/b12-11-. The number of rotatable bonds is 22. The van der Waals surface area contributed by atoms with Gasteiger partial charge in [-0.2, -0.15) is 8.42 Å². The Balaban J connectivity index is 4.27. The van der Waals surface area contributed by atoms with E-state index in [0.29, 0.717) is 12.8 Å². The van der Waals surface area contributed by atoms with E-state index in [0.717, 1.165) is 38.5 Å². The van der Waals surface area contributed by atoms with Gasteiger partial charge in [0.15, 0.2) is 5.25 Å². The van der Waals surface area contributed by atoms with E-state index in [1.165, 1.54) is 44.6 Å². The number of hydrogen-bond acceptors (Lipinski definition) is 4. The lowest BCUT2D eigenvalue weighted by atomic mass is 9.76. The molecule has 0 bridgehead atoms. The second-order valence-corrected chi connectivity index (χ2v) is 10.4. The van der Waals surface area contributed by atoms with Gasteiger partial charge in [0, 0.05) is 0 Å². The second kappa shape index (κ2) is 17.8. The molecule has 0 aromatic carbocycles. The maximum Gasteiger partial charge on any atom is 0.325 e. The molecule has 7 nitrogen and oxygen atoms in total. The fourth-order valence-corrected chi connectivity index (χ4v) is 5.38. The van der Waals surface area contributed by atoms with Crippen LogP contribution in [0, 0.1) is 5.41 Å². The van der Waals surface area contributed by atoms with Crippen molar-refractivity contribution in [1.82, 2.24) is 0 Å². The van der Waals surface area contributed by atoms with Gasteiger partial charge in [0.25, 0.3) is 10.1 Å². The largest absolute Gasteiger partial charge is 0.481 e. The maximum atomic E-state index is 11.9. The fourth-order valence-electron chi connectivity index (χ4n) is 4.24. The molecule has 0 aliphatic carbocycles. The van der Waals surface area contributed by atoms with Crippen LogP contribution in [0.3, 0.4) is 0 Å². The number of allylic oxidation sites excluding steroid dienone is 3. The van der Waals surface area contributed by atoms with E-state index in [9.17, 15) is 32.8 Å². The first-order chi connectivity index (χ1) is 15.6. The van der Waals surface area contributed by atoms with Gasteiger partial charge in [-0.3, -0.25) is 14.1 Å². The number of unbranched alkanes of at least 4 members (excludes halogenated alkanes) is 12. The molecular formula is C25H44O7S. The third-order valence-electron chi connectivity index (χ3n) is 6.09. The van der Waals surface area contributed by atoms with Crippen LogP contribution in [0.25, 0.3) is 0 Å². The Morgan fingerprint density at radius 2 is 1.30 bits per heavy atom. The lowest BCUT2D eigenvalue weighted by molar-refractivity contribution is -0.155. The van der Waals surface area contributed by atoms with Crippen LogP contribution in [0.2, 0.25) is 0 Å². The van der Waals surface area contributed by atoms with Crippen LogP contribution < -0.4 is 0 Å². The molecule has 0 spiro atoms. The minimum absolute atomic E-state index is 0.160. The second-order valence-electron chi connectivity index (χ2n) is 8.88. The van der Waals surface area contributed by atoms with E-state index >= 15 is 0 Å². The Morgan fingerprint density at radius 1 is 0.848 bits per heavy atom. The van der Waals surface area contributed by atoms with Crippen molar-refractivity contribution in [3.05, 3.63) is 24.8 Å². The van der Waals surface area contributed by atoms with Gasteiger partial charge in [-0.25, -0.2) is 0 Å². The Morgan fingerprint density at radius 3 is 1.70 bits per heavy atom. The molecule has 0 heterocycles. The minimum Gasteiger partial charge on any atom is -0.481 e. The predicted molar refractivity (Wildman–Crippen MR) is 132 cm³/mol. The highest BCUT2D eigenvalue weighted by atomic mass is 32.2. The van der Waals surface area contributed by atoms with Crippen molar-refractivity contribution in [2.45, 2.75) is 115 Å². The molecule has 3 N–H and O–H groups in total. The predicted octanol–water partition coefficient (Wildman–Crippen LogP) is 6.40. The Kier molecular flexibility index (Phi) is 16.9. The average molecular weight is 489 g/mol. The zero-order valence-corrected chi connectivity index (χ0v) is 21.0. The minimum atomic E-state index is -5.10. The van der Waals surface area contributed by atoms with E-state index in [2.05, 4.69) is 25.7 Å². The van der Waals surface area contributed by atoms with Crippen molar-refractivity contribution in [3.63, 3.8) is 0 Å². The summed E-state index contributed by atoms with van der Waals surface area (Å²) in [6, 6.07) is 0. The molecule has 0 aliphatic heterocycles. The van der Waals surface area contributed by atoms with Crippen LogP contribution in [0.1, 0.15) is 110 Å². The van der Waals surface area contributed by atoms with Crippen molar-refractivity contribution in [1.29, 1.82) is 0 Å². The van der Waals surface area contributed by atoms with Crippen molar-refractivity contribution >= 4 is 22.1 Å². The van der Waals surface area contributed by atoms with E-state index in [1.54, 1.807) is 0 Å². The molecule has 8 heteroatoms. The maximum absolute atomic E-state index is 11.9. The highest BCUT2D eigenvalue weighted by Gasteiger charge is 2.55. The van der Waals surface area contributed by atoms with E-state index in [4.69, 9.17) is 0 Å². The third kappa shape index (κ3) is 13.0. The lowest BCUT2D eigenvalue weighted by Crippen LogP contribution is -2.50. The number of carboxylic acid groups (broad SMARTS) is 2. The number of hydrogen-bond donors (Lipinski definition) is 3. The van der Waals surface area contributed by atoms with Gasteiger partial charge in [-0.15, -0.1) is 6.58 Å². The summed E-state index contributed by atoms with van der Waals surface area (Å²) < 4.78 is 32.7. The molecule has 0 saturated carbocycles. The van der Waals surface area contributed by atoms with Crippen LogP contribution in [0.4, 0.5) is 0 Å². The molecule has 192 valence electrons. The fraction of sp³-hybridized carbons (Fsp3) is 0.760. The summed E-state index contributed by atoms with van der Waals surface area (Å²) in [5, 5.41) is 16.6. The average Bonchev–Trinajstić information content (AvgIpc) is 2.72.